The molecular weight excluding hydrogens is 334 g/mol. The fourth-order valence-corrected chi connectivity index (χ4v) is 2.28. The Balaban J connectivity index is 2.39. The standard InChI is InChI=1S/C12H11BrClN3O2/c1-19-6-5-17-11(8(13)7-16-17)12(18)10-9(14)3-2-4-15-10/h2-4,7H,5-6H2,1H3. The lowest BCUT2D eigenvalue weighted by atomic mass is 10.2. The van der Waals surface area contributed by atoms with Crippen molar-refractivity contribution in [2.45, 2.75) is 6.54 Å². The maximum Gasteiger partial charge on any atom is 0.232 e. The van der Waals surface area contributed by atoms with Gasteiger partial charge in [0.2, 0.25) is 5.78 Å². The fraction of sp³-hybridized carbons (Fsp3) is 0.250. The van der Waals surface area contributed by atoms with Crippen molar-refractivity contribution in [2.75, 3.05) is 13.7 Å². The Bertz CT molecular complexity index is 600. The highest BCUT2D eigenvalue weighted by molar-refractivity contribution is 9.10. The van der Waals surface area contributed by atoms with Crippen molar-refractivity contribution >= 4 is 33.3 Å². The van der Waals surface area contributed by atoms with E-state index in [-0.39, 0.29) is 11.5 Å². The van der Waals surface area contributed by atoms with Gasteiger partial charge in [0.15, 0.2) is 0 Å². The van der Waals surface area contributed by atoms with Gasteiger partial charge in [-0.3, -0.25) is 14.5 Å². The average molecular weight is 345 g/mol. The molecule has 0 aliphatic heterocycles. The van der Waals surface area contributed by atoms with Gasteiger partial charge in [-0.25, -0.2) is 0 Å². The predicted molar refractivity (Wildman–Crippen MR) is 74.5 cm³/mol. The first-order valence-corrected chi connectivity index (χ1v) is 6.67. The molecule has 0 fully saturated rings. The van der Waals surface area contributed by atoms with Crippen LogP contribution in [0.2, 0.25) is 5.02 Å². The van der Waals surface area contributed by atoms with Crippen LogP contribution in [-0.2, 0) is 11.3 Å². The lowest BCUT2D eigenvalue weighted by molar-refractivity contribution is 0.102. The quantitative estimate of drug-likeness (QED) is 0.782. The molecule has 0 amide bonds. The molecule has 0 saturated carbocycles. The lowest BCUT2D eigenvalue weighted by Crippen LogP contribution is -2.16. The highest BCUT2D eigenvalue weighted by Crippen LogP contribution is 2.22. The zero-order valence-electron chi connectivity index (χ0n) is 10.1. The number of methoxy groups -OCH3 is 1. The second-order valence-corrected chi connectivity index (χ2v) is 4.98. The van der Waals surface area contributed by atoms with Crippen LogP contribution >= 0.6 is 27.5 Å². The van der Waals surface area contributed by atoms with E-state index in [2.05, 4.69) is 26.0 Å². The molecule has 5 nitrogen and oxygen atoms in total. The van der Waals surface area contributed by atoms with Crippen LogP contribution in [0.4, 0.5) is 0 Å². The third-order valence-corrected chi connectivity index (χ3v) is 3.38. The van der Waals surface area contributed by atoms with Crippen LogP contribution in [0.1, 0.15) is 16.2 Å². The minimum Gasteiger partial charge on any atom is -0.383 e. The molecule has 0 radical (unpaired) electrons. The Morgan fingerprint density at radius 1 is 1.58 bits per heavy atom. The van der Waals surface area contributed by atoms with Crippen LogP contribution in [0.3, 0.4) is 0 Å². The third kappa shape index (κ3) is 3.02. The Kier molecular flexibility index (Phi) is 4.68. The molecule has 0 aliphatic rings. The number of carbonyl (C=O) groups excluding carboxylic acids is 1. The summed E-state index contributed by atoms with van der Waals surface area (Å²) in [5.74, 6) is -0.272. The number of carbonyl (C=O) groups is 1. The Morgan fingerprint density at radius 3 is 3.05 bits per heavy atom. The minimum absolute atomic E-state index is 0.212. The summed E-state index contributed by atoms with van der Waals surface area (Å²) in [4.78, 5) is 16.5. The molecule has 0 saturated heterocycles. The van der Waals surface area contributed by atoms with Crippen molar-refractivity contribution in [3.8, 4) is 0 Å². The molecule has 0 bridgehead atoms. The molecule has 2 heterocycles. The van der Waals surface area contributed by atoms with Crippen LogP contribution < -0.4 is 0 Å². The number of halogens is 2. The van der Waals surface area contributed by atoms with Crippen molar-refractivity contribution < 1.29 is 9.53 Å². The number of hydrogen-bond acceptors (Lipinski definition) is 4. The van der Waals surface area contributed by atoms with Gasteiger partial charge in [-0.05, 0) is 28.1 Å². The van der Waals surface area contributed by atoms with E-state index < -0.39 is 0 Å². The Labute approximate surface area is 123 Å². The van der Waals surface area contributed by atoms with Gasteiger partial charge in [0, 0.05) is 13.3 Å². The number of rotatable bonds is 5. The molecule has 100 valence electrons. The summed E-state index contributed by atoms with van der Waals surface area (Å²) in [6.45, 7) is 0.942. The second-order valence-electron chi connectivity index (χ2n) is 3.72. The Morgan fingerprint density at radius 2 is 2.37 bits per heavy atom. The summed E-state index contributed by atoms with van der Waals surface area (Å²) >= 11 is 9.31. The predicted octanol–water partition coefficient (Wildman–Crippen LogP) is 2.57. The smallest absolute Gasteiger partial charge is 0.232 e. The molecule has 7 heteroatoms. The zero-order valence-corrected chi connectivity index (χ0v) is 12.5. The van der Waals surface area contributed by atoms with E-state index in [0.717, 1.165) is 0 Å². The number of aromatic nitrogens is 3. The van der Waals surface area contributed by atoms with Crippen molar-refractivity contribution in [2.24, 2.45) is 0 Å². The van der Waals surface area contributed by atoms with Crippen LogP contribution in [0, 0.1) is 0 Å². The summed E-state index contributed by atoms with van der Waals surface area (Å²) in [7, 11) is 1.59. The first-order valence-electron chi connectivity index (χ1n) is 5.50. The molecule has 2 rings (SSSR count). The van der Waals surface area contributed by atoms with Crippen LogP contribution in [-0.4, -0.2) is 34.3 Å². The van der Waals surface area contributed by atoms with Gasteiger partial charge in [-0.2, -0.15) is 5.10 Å². The van der Waals surface area contributed by atoms with Crippen molar-refractivity contribution in [1.82, 2.24) is 14.8 Å². The summed E-state index contributed by atoms with van der Waals surface area (Å²) in [6, 6.07) is 3.31. The molecule has 0 atom stereocenters. The van der Waals surface area contributed by atoms with E-state index in [1.54, 1.807) is 30.1 Å². The molecule has 0 N–H and O–H groups in total. The molecule has 0 aliphatic carbocycles. The molecular formula is C12H11BrClN3O2. The monoisotopic (exact) mass is 343 g/mol. The number of ketones is 1. The normalized spacial score (nSPS) is 10.7. The number of ether oxygens (including phenoxy) is 1. The maximum absolute atomic E-state index is 12.5. The van der Waals surface area contributed by atoms with Gasteiger partial charge >= 0.3 is 0 Å². The summed E-state index contributed by atoms with van der Waals surface area (Å²) in [6.07, 6.45) is 3.10. The molecule has 0 aromatic carbocycles. The largest absolute Gasteiger partial charge is 0.383 e. The summed E-state index contributed by atoms with van der Waals surface area (Å²) in [5, 5.41) is 4.45. The van der Waals surface area contributed by atoms with E-state index in [1.165, 1.54) is 6.20 Å². The van der Waals surface area contributed by atoms with E-state index >= 15 is 0 Å². The topological polar surface area (TPSA) is 57.0 Å². The van der Waals surface area contributed by atoms with Gasteiger partial charge < -0.3 is 4.74 Å². The molecule has 0 unspecified atom stereocenters. The number of pyridine rings is 1. The Hall–Kier alpha value is -1.24. The third-order valence-electron chi connectivity index (χ3n) is 2.49. The van der Waals surface area contributed by atoms with E-state index in [4.69, 9.17) is 16.3 Å². The van der Waals surface area contributed by atoms with Gasteiger partial charge in [0.05, 0.1) is 28.8 Å². The first-order chi connectivity index (χ1) is 9.15. The summed E-state index contributed by atoms with van der Waals surface area (Å²) < 4.78 is 7.17. The van der Waals surface area contributed by atoms with E-state index in [0.29, 0.717) is 28.3 Å². The van der Waals surface area contributed by atoms with Gasteiger partial charge in [-0.1, -0.05) is 11.6 Å². The van der Waals surface area contributed by atoms with Crippen LogP contribution in [0.15, 0.2) is 29.0 Å². The SMILES string of the molecule is COCCn1ncc(Br)c1C(=O)c1ncccc1Cl. The lowest BCUT2D eigenvalue weighted by Gasteiger charge is -2.07. The van der Waals surface area contributed by atoms with Crippen molar-refractivity contribution in [3.05, 3.63) is 45.4 Å². The highest BCUT2D eigenvalue weighted by Gasteiger charge is 2.21. The van der Waals surface area contributed by atoms with Gasteiger partial charge in [0.25, 0.3) is 0 Å². The molecule has 2 aromatic heterocycles. The average Bonchev–Trinajstić information content (AvgIpc) is 2.77. The number of hydrogen-bond donors (Lipinski definition) is 0. The summed E-state index contributed by atoms with van der Waals surface area (Å²) in [5.41, 5.74) is 0.627. The maximum atomic E-state index is 12.5. The fourth-order valence-electron chi connectivity index (χ4n) is 1.60. The zero-order chi connectivity index (χ0) is 13.8. The van der Waals surface area contributed by atoms with Crippen LogP contribution in [0.5, 0.6) is 0 Å². The molecule has 2 aromatic rings. The second kappa shape index (κ2) is 6.27. The van der Waals surface area contributed by atoms with Crippen molar-refractivity contribution in [3.63, 3.8) is 0 Å². The highest BCUT2D eigenvalue weighted by atomic mass is 79.9. The van der Waals surface area contributed by atoms with Crippen molar-refractivity contribution in [1.29, 1.82) is 0 Å². The minimum atomic E-state index is -0.272. The van der Waals surface area contributed by atoms with E-state index in [1.807, 2.05) is 0 Å². The molecule has 19 heavy (non-hydrogen) atoms. The van der Waals surface area contributed by atoms with Gasteiger partial charge in [-0.15, -0.1) is 0 Å². The first kappa shape index (κ1) is 14.2. The molecule has 0 spiro atoms. The van der Waals surface area contributed by atoms with Gasteiger partial charge in [0.1, 0.15) is 11.4 Å². The number of nitrogens with zero attached hydrogens (tertiary/aromatic N) is 3. The van der Waals surface area contributed by atoms with Crippen LogP contribution in [0.25, 0.3) is 0 Å². The van der Waals surface area contributed by atoms with E-state index in [9.17, 15) is 4.79 Å².